The topological polar surface area (TPSA) is 72.9 Å². The molecule has 2 aromatic rings. The predicted molar refractivity (Wildman–Crippen MR) is 134 cm³/mol. The van der Waals surface area contributed by atoms with Crippen LogP contribution in [0.4, 0.5) is 5.69 Å². The summed E-state index contributed by atoms with van der Waals surface area (Å²) in [5, 5.41) is 13.7. The zero-order valence-electron chi connectivity index (χ0n) is 19.8. The van der Waals surface area contributed by atoms with Gasteiger partial charge in [0.05, 0.1) is 0 Å². The standard InChI is InChI=1S/C28H35N3O3/c32-26(30-15-17-31(18-16-30)27(33)28(34)13-14-28)23-11-9-22(10-12-23)24-7-4-8-25(19-24)29-20-21-5-2-1-3-6-21/h4,7-12,19,21,29,34H,1-3,5-6,13-18,20H2. The molecule has 2 amide bonds. The first-order chi connectivity index (χ1) is 16.5. The van der Waals surface area contributed by atoms with Gasteiger partial charge in [0.2, 0.25) is 0 Å². The second-order valence-corrected chi connectivity index (χ2v) is 10.2. The largest absolute Gasteiger partial charge is 0.385 e. The maximum absolute atomic E-state index is 13.0. The van der Waals surface area contributed by atoms with Gasteiger partial charge < -0.3 is 20.2 Å². The van der Waals surface area contributed by atoms with E-state index in [1.165, 1.54) is 32.1 Å². The Bertz CT molecular complexity index is 1020. The summed E-state index contributed by atoms with van der Waals surface area (Å²) in [6.07, 6.45) is 7.85. The lowest BCUT2D eigenvalue weighted by molar-refractivity contribution is -0.143. The quantitative estimate of drug-likeness (QED) is 0.678. The van der Waals surface area contributed by atoms with E-state index in [2.05, 4.69) is 29.6 Å². The number of anilines is 1. The number of aliphatic hydroxyl groups is 1. The highest BCUT2D eigenvalue weighted by atomic mass is 16.3. The van der Waals surface area contributed by atoms with E-state index in [1.807, 2.05) is 24.3 Å². The van der Waals surface area contributed by atoms with Gasteiger partial charge in [0.15, 0.2) is 0 Å². The van der Waals surface area contributed by atoms with Gasteiger partial charge in [0.1, 0.15) is 5.60 Å². The average molecular weight is 462 g/mol. The summed E-state index contributed by atoms with van der Waals surface area (Å²) in [4.78, 5) is 28.8. The van der Waals surface area contributed by atoms with Crippen molar-refractivity contribution in [1.82, 2.24) is 9.80 Å². The second-order valence-electron chi connectivity index (χ2n) is 10.2. The van der Waals surface area contributed by atoms with Crippen molar-refractivity contribution in [2.24, 2.45) is 5.92 Å². The number of amides is 2. The van der Waals surface area contributed by atoms with Crippen LogP contribution in [0.15, 0.2) is 48.5 Å². The molecule has 0 spiro atoms. The van der Waals surface area contributed by atoms with Crippen LogP contribution < -0.4 is 5.32 Å². The van der Waals surface area contributed by atoms with E-state index in [0.29, 0.717) is 44.6 Å². The minimum absolute atomic E-state index is 0.00770. The zero-order valence-corrected chi connectivity index (χ0v) is 19.8. The zero-order chi connectivity index (χ0) is 23.5. The minimum atomic E-state index is -1.13. The van der Waals surface area contributed by atoms with Gasteiger partial charge in [-0.1, -0.05) is 43.5 Å². The molecule has 3 aliphatic rings. The van der Waals surface area contributed by atoms with E-state index in [-0.39, 0.29) is 11.8 Å². The van der Waals surface area contributed by atoms with Crippen molar-refractivity contribution in [3.05, 3.63) is 54.1 Å². The van der Waals surface area contributed by atoms with Gasteiger partial charge >= 0.3 is 0 Å². The van der Waals surface area contributed by atoms with Gasteiger partial charge in [-0.3, -0.25) is 9.59 Å². The molecule has 2 aromatic carbocycles. The molecule has 0 unspecified atom stereocenters. The summed E-state index contributed by atoms with van der Waals surface area (Å²) in [6.45, 7) is 2.99. The Morgan fingerprint density at radius 2 is 1.56 bits per heavy atom. The van der Waals surface area contributed by atoms with Crippen LogP contribution in [-0.4, -0.2) is 65.0 Å². The Labute approximate surface area is 201 Å². The van der Waals surface area contributed by atoms with Crippen LogP contribution in [0.2, 0.25) is 0 Å². The normalized spacial score (nSPS) is 20.1. The molecule has 0 bridgehead atoms. The number of hydrogen-bond acceptors (Lipinski definition) is 4. The van der Waals surface area contributed by atoms with Crippen LogP contribution >= 0.6 is 0 Å². The fourth-order valence-electron chi connectivity index (χ4n) is 5.19. The van der Waals surface area contributed by atoms with Crippen LogP contribution in [0.5, 0.6) is 0 Å². The molecule has 6 nitrogen and oxygen atoms in total. The molecular weight excluding hydrogens is 426 g/mol. The molecule has 1 aliphatic heterocycles. The number of hydrogen-bond donors (Lipinski definition) is 2. The second kappa shape index (κ2) is 9.79. The Morgan fingerprint density at radius 3 is 2.24 bits per heavy atom. The van der Waals surface area contributed by atoms with Crippen molar-refractivity contribution >= 4 is 17.5 Å². The van der Waals surface area contributed by atoms with Crippen LogP contribution in [0, 0.1) is 5.92 Å². The van der Waals surface area contributed by atoms with Gasteiger partial charge in [-0.25, -0.2) is 0 Å². The predicted octanol–water partition coefficient (Wildman–Crippen LogP) is 4.16. The highest BCUT2D eigenvalue weighted by molar-refractivity contribution is 5.95. The lowest BCUT2D eigenvalue weighted by Crippen LogP contribution is -2.53. The van der Waals surface area contributed by atoms with E-state index in [4.69, 9.17) is 0 Å². The maximum Gasteiger partial charge on any atom is 0.254 e. The summed E-state index contributed by atoms with van der Waals surface area (Å²) in [5.41, 5.74) is 2.90. The van der Waals surface area contributed by atoms with E-state index < -0.39 is 5.60 Å². The molecule has 6 heteroatoms. The van der Waals surface area contributed by atoms with E-state index in [9.17, 15) is 14.7 Å². The fraction of sp³-hybridized carbons (Fsp3) is 0.500. The molecular formula is C28H35N3O3. The van der Waals surface area contributed by atoms with Crippen molar-refractivity contribution in [3.8, 4) is 11.1 Å². The number of rotatable bonds is 6. The minimum Gasteiger partial charge on any atom is -0.385 e. The van der Waals surface area contributed by atoms with Gasteiger partial charge in [0.25, 0.3) is 11.8 Å². The Morgan fingerprint density at radius 1 is 0.882 bits per heavy atom. The third-order valence-electron chi connectivity index (χ3n) is 7.62. The number of nitrogens with one attached hydrogen (secondary N) is 1. The summed E-state index contributed by atoms with van der Waals surface area (Å²) in [5.74, 6) is 0.590. The molecule has 0 radical (unpaired) electrons. The first-order valence-electron chi connectivity index (χ1n) is 12.8. The van der Waals surface area contributed by atoms with Crippen molar-refractivity contribution in [2.45, 2.75) is 50.5 Å². The highest BCUT2D eigenvalue weighted by Gasteiger charge is 2.50. The summed E-state index contributed by atoms with van der Waals surface area (Å²) in [7, 11) is 0. The fourth-order valence-corrected chi connectivity index (χ4v) is 5.19. The van der Waals surface area contributed by atoms with Crippen LogP contribution in [0.3, 0.4) is 0 Å². The summed E-state index contributed by atoms with van der Waals surface area (Å²) < 4.78 is 0. The van der Waals surface area contributed by atoms with Crippen LogP contribution in [0.1, 0.15) is 55.3 Å². The third-order valence-corrected chi connectivity index (χ3v) is 7.62. The molecule has 0 atom stereocenters. The lowest BCUT2D eigenvalue weighted by atomic mass is 9.89. The molecule has 3 fully saturated rings. The van der Waals surface area contributed by atoms with E-state index in [0.717, 1.165) is 29.3 Å². The van der Waals surface area contributed by atoms with E-state index in [1.54, 1.807) is 9.80 Å². The van der Waals surface area contributed by atoms with Crippen molar-refractivity contribution in [1.29, 1.82) is 0 Å². The molecule has 180 valence electrons. The third kappa shape index (κ3) is 5.12. The van der Waals surface area contributed by atoms with Crippen molar-refractivity contribution in [3.63, 3.8) is 0 Å². The molecule has 1 heterocycles. The Hall–Kier alpha value is -2.86. The first kappa shape index (κ1) is 22.9. The van der Waals surface area contributed by atoms with Crippen molar-refractivity contribution < 1.29 is 14.7 Å². The Kier molecular flexibility index (Phi) is 6.59. The SMILES string of the molecule is O=C(c1ccc(-c2cccc(NCC3CCCCC3)c2)cc1)N1CCN(C(=O)C2(O)CC2)CC1. The van der Waals surface area contributed by atoms with Gasteiger partial charge in [-0.05, 0) is 67.0 Å². The highest BCUT2D eigenvalue weighted by Crippen LogP contribution is 2.37. The molecule has 34 heavy (non-hydrogen) atoms. The summed E-state index contributed by atoms with van der Waals surface area (Å²) >= 11 is 0. The molecule has 2 saturated carbocycles. The number of piperazine rings is 1. The number of benzene rings is 2. The summed E-state index contributed by atoms with van der Waals surface area (Å²) in [6, 6.07) is 16.3. The Balaban J connectivity index is 1.17. The first-order valence-corrected chi connectivity index (χ1v) is 12.8. The number of nitrogens with zero attached hydrogens (tertiary/aromatic N) is 2. The van der Waals surface area contributed by atoms with Gasteiger partial charge in [0, 0.05) is 44.0 Å². The lowest BCUT2D eigenvalue weighted by Gasteiger charge is -2.35. The average Bonchev–Trinajstić information content (AvgIpc) is 3.66. The molecule has 5 rings (SSSR count). The molecule has 2 N–H and O–H groups in total. The van der Waals surface area contributed by atoms with E-state index >= 15 is 0 Å². The molecule has 0 aromatic heterocycles. The number of carbonyl (C=O) groups is 2. The maximum atomic E-state index is 13.0. The van der Waals surface area contributed by atoms with Crippen molar-refractivity contribution in [2.75, 3.05) is 38.0 Å². The van der Waals surface area contributed by atoms with Gasteiger partial charge in [-0.15, -0.1) is 0 Å². The smallest absolute Gasteiger partial charge is 0.254 e. The monoisotopic (exact) mass is 461 g/mol. The van der Waals surface area contributed by atoms with Crippen LogP contribution in [0.25, 0.3) is 11.1 Å². The number of carbonyl (C=O) groups excluding carboxylic acids is 2. The molecule has 2 aliphatic carbocycles. The molecule has 1 saturated heterocycles. The van der Waals surface area contributed by atoms with Gasteiger partial charge in [-0.2, -0.15) is 0 Å². The van der Waals surface area contributed by atoms with Crippen LogP contribution in [-0.2, 0) is 4.79 Å².